The number of hydrogen-bond donors (Lipinski definition) is 3. The summed E-state index contributed by atoms with van der Waals surface area (Å²) in [4.78, 5) is 0. The van der Waals surface area contributed by atoms with Gasteiger partial charge < -0.3 is 15.9 Å². The third-order valence-electron chi connectivity index (χ3n) is 2.38. The molecule has 2 atom stereocenters. The van der Waals surface area contributed by atoms with Crippen LogP contribution in [0.5, 0.6) is 5.75 Å². The second-order valence-corrected chi connectivity index (χ2v) is 4.58. The first-order valence-electron chi connectivity index (χ1n) is 4.92. The predicted octanol–water partition coefficient (Wildman–Crippen LogP) is 2.10. The van der Waals surface area contributed by atoms with Crippen molar-refractivity contribution >= 4 is 15.9 Å². The molecule has 3 nitrogen and oxygen atoms in total. The van der Waals surface area contributed by atoms with Crippen molar-refractivity contribution in [2.75, 3.05) is 0 Å². The maximum atomic E-state index is 9.90. The van der Waals surface area contributed by atoms with Crippen LogP contribution < -0.4 is 5.73 Å². The first-order valence-corrected chi connectivity index (χ1v) is 5.71. The molecule has 0 aliphatic heterocycles. The molecule has 2 unspecified atom stereocenters. The molecule has 0 amide bonds. The summed E-state index contributed by atoms with van der Waals surface area (Å²) in [5.74, 6) is 0.144. The lowest BCUT2D eigenvalue weighted by Crippen LogP contribution is -2.24. The molecular formula is C11H16BrNO2. The van der Waals surface area contributed by atoms with Crippen molar-refractivity contribution in [2.45, 2.75) is 32.4 Å². The van der Waals surface area contributed by atoms with E-state index in [9.17, 15) is 10.2 Å². The number of aliphatic hydroxyl groups excluding tert-OH is 1. The van der Waals surface area contributed by atoms with Gasteiger partial charge in [0.25, 0.3) is 0 Å². The van der Waals surface area contributed by atoms with Crippen LogP contribution in [0, 0.1) is 0 Å². The normalized spacial score (nSPS) is 15.0. The number of rotatable bonds is 3. The van der Waals surface area contributed by atoms with E-state index in [4.69, 9.17) is 5.73 Å². The van der Waals surface area contributed by atoms with E-state index < -0.39 is 12.1 Å². The van der Waals surface area contributed by atoms with E-state index in [-0.39, 0.29) is 5.75 Å². The molecule has 1 aromatic rings. The highest BCUT2D eigenvalue weighted by molar-refractivity contribution is 9.10. The van der Waals surface area contributed by atoms with Crippen molar-refractivity contribution in [3.8, 4) is 5.75 Å². The minimum atomic E-state index is -0.840. The lowest BCUT2D eigenvalue weighted by Gasteiger charge is -2.18. The van der Waals surface area contributed by atoms with Gasteiger partial charge in [0.05, 0.1) is 6.10 Å². The highest BCUT2D eigenvalue weighted by Crippen LogP contribution is 2.33. The van der Waals surface area contributed by atoms with E-state index in [1.165, 1.54) is 0 Å². The average molecular weight is 274 g/mol. The Kier molecular flexibility index (Phi) is 4.13. The summed E-state index contributed by atoms with van der Waals surface area (Å²) in [5.41, 5.74) is 6.89. The fourth-order valence-corrected chi connectivity index (χ4v) is 1.98. The number of halogens is 1. The molecule has 0 radical (unpaired) electrons. The maximum absolute atomic E-state index is 9.90. The molecule has 84 valence electrons. The van der Waals surface area contributed by atoms with Gasteiger partial charge in [-0.15, -0.1) is 0 Å². The number of phenolic OH excluding ortho intramolecular Hbond substituents is 1. The number of aromatic hydroxyl groups is 1. The molecule has 0 fully saturated rings. The van der Waals surface area contributed by atoms with Gasteiger partial charge in [-0.3, -0.25) is 0 Å². The van der Waals surface area contributed by atoms with Crippen molar-refractivity contribution in [1.82, 2.24) is 0 Å². The fraction of sp³-hybridized carbons (Fsp3) is 0.455. The smallest absolute Gasteiger partial charge is 0.124 e. The van der Waals surface area contributed by atoms with Crippen LogP contribution in [0.25, 0.3) is 0 Å². The molecule has 0 saturated heterocycles. The maximum Gasteiger partial charge on any atom is 0.124 e. The van der Waals surface area contributed by atoms with Crippen LogP contribution in [0.15, 0.2) is 16.6 Å². The second-order valence-electron chi connectivity index (χ2n) is 3.66. The van der Waals surface area contributed by atoms with E-state index in [0.29, 0.717) is 12.0 Å². The summed E-state index contributed by atoms with van der Waals surface area (Å²) in [5, 5.41) is 19.7. The first-order chi connectivity index (χ1) is 6.97. The summed E-state index contributed by atoms with van der Waals surface area (Å²) in [6, 6.07) is 3.13. The van der Waals surface area contributed by atoms with Crippen molar-refractivity contribution in [3.05, 3.63) is 27.7 Å². The molecule has 0 bridgehead atoms. The molecule has 0 saturated carbocycles. The van der Waals surface area contributed by atoms with Gasteiger partial charge in [0, 0.05) is 16.1 Å². The van der Waals surface area contributed by atoms with Gasteiger partial charge in [0.1, 0.15) is 5.75 Å². The molecule has 1 rings (SSSR count). The Hall–Kier alpha value is -0.580. The SMILES string of the molecule is CCc1cc(Br)cc(C(O)C(C)N)c1O. The van der Waals surface area contributed by atoms with Crippen molar-refractivity contribution < 1.29 is 10.2 Å². The number of benzene rings is 1. The number of nitrogens with two attached hydrogens (primary N) is 1. The van der Waals surface area contributed by atoms with Crippen molar-refractivity contribution in [3.63, 3.8) is 0 Å². The van der Waals surface area contributed by atoms with Crippen molar-refractivity contribution in [1.29, 1.82) is 0 Å². The summed E-state index contributed by atoms with van der Waals surface area (Å²) in [6.45, 7) is 3.65. The lowest BCUT2D eigenvalue weighted by atomic mass is 9.99. The zero-order chi connectivity index (χ0) is 11.6. The quantitative estimate of drug-likeness (QED) is 0.790. The Bertz CT molecular complexity index is 353. The molecule has 0 aromatic heterocycles. The van der Waals surface area contributed by atoms with E-state index in [0.717, 1.165) is 10.0 Å². The van der Waals surface area contributed by atoms with Crippen LogP contribution in [0.3, 0.4) is 0 Å². The van der Waals surface area contributed by atoms with Gasteiger partial charge in [-0.2, -0.15) is 0 Å². The zero-order valence-corrected chi connectivity index (χ0v) is 10.5. The minimum Gasteiger partial charge on any atom is -0.507 e. The van der Waals surface area contributed by atoms with Gasteiger partial charge in [0.15, 0.2) is 0 Å². The average Bonchev–Trinajstić information content (AvgIpc) is 2.19. The van der Waals surface area contributed by atoms with E-state index in [1.54, 1.807) is 13.0 Å². The van der Waals surface area contributed by atoms with Gasteiger partial charge >= 0.3 is 0 Å². The standard InChI is InChI=1S/C11H16BrNO2/c1-3-7-4-8(12)5-9(11(7)15)10(14)6(2)13/h4-6,10,14-15H,3,13H2,1-2H3. The Morgan fingerprint density at radius 2 is 2.07 bits per heavy atom. The highest BCUT2D eigenvalue weighted by Gasteiger charge is 2.18. The van der Waals surface area contributed by atoms with E-state index >= 15 is 0 Å². The molecule has 15 heavy (non-hydrogen) atoms. The summed E-state index contributed by atoms with van der Waals surface area (Å²) >= 11 is 3.34. The topological polar surface area (TPSA) is 66.5 Å². The first kappa shape index (κ1) is 12.5. The monoisotopic (exact) mass is 273 g/mol. The minimum absolute atomic E-state index is 0.144. The molecule has 0 heterocycles. The number of hydrogen-bond acceptors (Lipinski definition) is 3. The van der Waals surface area contributed by atoms with Crippen LogP contribution in [0.1, 0.15) is 31.1 Å². The van der Waals surface area contributed by atoms with Gasteiger partial charge in [0.2, 0.25) is 0 Å². The predicted molar refractivity (Wildman–Crippen MR) is 63.8 cm³/mol. The summed E-state index contributed by atoms with van der Waals surface area (Å²) in [7, 11) is 0. The zero-order valence-electron chi connectivity index (χ0n) is 8.87. The van der Waals surface area contributed by atoms with Gasteiger partial charge in [-0.25, -0.2) is 0 Å². The Labute approximate surface area is 98.1 Å². The van der Waals surface area contributed by atoms with Crippen LogP contribution in [-0.4, -0.2) is 16.3 Å². The Morgan fingerprint density at radius 1 is 1.47 bits per heavy atom. The molecule has 4 N–H and O–H groups in total. The lowest BCUT2D eigenvalue weighted by molar-refractivity contribution is 0.149. The number of aliphatic hydroxyl groups is 1. The Morgan fingerprint density at radius 3 is 2.53 bits per heavy atom. The van der Waals surface area contributed by atoms with Gasteiger partial charge in [-0.1, -0.05) is 22.9 Å². The molecule has 0 aliphatic carbocycles. The van der Waals surface area contributed by atoms with Gasteiger partial charge in [-0.05, 0) is 31.0 Å². The molecule has 0 aliphatic rings. The number of phenols is 1. The largest absolute Gasteiger partial charge is 0.507 e. The van der Waals surface area contributed by atoms with E-state index in [2.05, 4.69) is 15.9 Å². The second kappa shape index (κ2) is 4.96. The van der Waals surface area contributed by atoms with Crippen LogP contribution in [0.2, 0.25) is 0 Å². The summed E-state index contributed by atoms with van der Waals surface area (Å²) < 4.78 is 0.840. The van der Waals surface area contributed by atoms with Crippen LogP contribution in [0.4, 0.5) is 0 Å². The highest BCUT2D eigenvalue weighted by atomic mass is 79.9. The summed E-state index contributed by atoms with van der Waals surface area (Å²) in [6.07, 6.45) is -0.128. The Balaban J connectivity index is 3.22. The third-order valence-corrected chi connectivity index (χ3v) is 2.84. The van der Waals surface area contributed by atoms with E-state index in [1.807, 2.05) is 13.0 Å². The number of aryl methyl sites for hydroxylation is 1. The third kappa shape index (κ3) is 2.71. The molecule has 0 spiro atoms. The van der Waals surface area contributed by atoms with Crippen LogP contribution in [-0.2, 0) is 6.42 Å². The fourth-order valence-electron chi connectivity index (χ4n) is 1.46. The molecular weight excluding hydrogens is 258 g/mol. The molecule has 4 heteroatoms. The molecule has 1 aromatic carbocycles. The van der Waals surface area contributed by atoms with Crippen molar-refractivity contribution in [2.24, 2.45) is 5.73 Å². The van der Waals surface area contributed by atoms with Crippen LogP contribution >= 0.6 is 15.9 Å².